The van der Waals surface area contributed by atoms with Crippen LogP contribution in [0.4, 0.5) is 0 Å². The molecule has 22 heavy (non-hydrogen) atoms. The van der Waals surface area contributed by atoms with Crippen LogP contribution in [0.3, 0.4) is 0 Å². The van der Waals surface area contributed by atoms with Gasteiger partial charge in [0.1, 0.15) is 12.4 Å². The fraction of sp³-hybridized carbons (Fsp3) is 0.286. The van der Waals surface area contributed by atoms with Gasteiger partial charge in [-0.15, -0.1) is 11.7 Å². The summed E-state index contributed by atoms with van der Waals surface area (Å²) in [4.78, 5) is 11.7. The van der Waals surface area contributed by atoms with Crippen molar-refractivity contribution in [2.75, 3.05) is 18.9 Å². The molecule has 116 valence electrons. The van der Waals surface area contributed by atoms with Gasteiger partial charge in [-0.25, -0.2) is 4.68 Å². The Bertz CT molecular complexity index is 602. The number of hydrogen-bond donors (Lipinski definition) is 1. The van der Waals surface area contributed by atoms with Gasteiger partial charge in [-0.2, -0.15) is 0 Å². The highest BCUT2D eigenvalue weighted by atomic mass is 32.2. The smallest absolute Gasteiger partial charge is 0.230 e. The van der Waals surface area contributed by atoms with Gasteiger partial charge in [0.15, 0.2) is 0 Å². The number of allylic oxidation sites excluding steroid dienone is 1. The first-order chi connectivity index (χ1) is 10.8. The molecule has 0 radical (unpaired) electrons. The minimum absolute atomic E-state index is 0.0881. The molecule has 2 aromatic rings. The van der Waals surface area contributed by atoms with Crippen molar-refractivity contribution in [3.05, 3.63) is 43.0 Å². The molecule has 0 atom stereocenters. The number of carbonyl (C=O) groups is 1. The predicted octanol–water partition coefficient (Wildman–Crippen LogP) is 1.15. The first-order valence-corrected chi connectivity index (χ1v) is 7.72. The number of aromatic nitrogens is 4. The number of nitrogens with zero attached hydrogens (tertiary/aromatic N) is 4. The second-order valence-corrected chi connectivity index (χ2v) is 5.17. The van der Waals surface area contributed by atoms with E-state index < -0.39 is 0 Å². The molecule has 8 heteroatoms. The lowest BCUT2D eigenvalue weighted by atomic mass is 10.3. The number of amides is 1. The standard InChI is InChI=1S/C14H17N5O2S/c1-2-9-19-14(16-17-18-19)22-11-13(20)15-8-10-21-12-6-4-3-5-7-12/h2-7H,1,8-11H2,(H,15,20). The average Bonchev–Trinajstić information content (AvgIpc) is 2.98. The summed E-state index contributed by atoms with van der Waals surface area (Å²) in [7, 11) is 0. The molecule has 0 spiro atoms. The summed E-state index contributed by atoms with van der Waals surface area (Å²) in [5.74, 6) is 0.951. The second-order valence-electron chi connectivity index (χ2n) is 4.23. The van der Waals surface area contributed by atoms with Crippen molar-refractivity contribution in [3.63, 3.8) is 0 Å². The first-order valence-electron chi connectivity index (χ1n) is 6.74. The zero-order valence-electron chi connectivity index (χ0n) is 12.0. The Morgan fingerprint density at radius 2 is 2.23 bits per heavy atom. The van der Waals surface area contributed by atoms with Crippen molar-refractivity contribution in [1.29, 1.82) is 0 Å². The maximum absolute atomic E-state index is 11.7. The van der Waals surface area contributed by atoms with Crippen LogP contribution >= 0.6 is 11.8 Å². The van der Waals surface area contributed by atoms with Crippen LogP contribution in [0, 0.1) is 0 Å². The predicted molar refractivity (Wildman–Crippen MR) is 83.7 cm³/mol. The van der Waals surface area contributed by atoms with Crippen LogP contribution in [0.1, 0.15) is 0 Å². The highest BCUT2D eigenvalue weighted by Crippen LogP contribution is 2.12. The summed E-state index contributed by atoms with van der Waals surface area (Å²) in [5.41, 5.74) is 0. The largest absolute Gasteiger partial charge is 0.492 e. The summed E-state index contributed by atoms with van der Waals surface area (Å²) >= 11 is 1.28. The SMILES string of the molecule is C=CCn1nnnc1SCC(=O)NCCOc1ccccc1. The number of benzene rings is 1. The monoisotopic (exact) mass is 319 g/mol. The molecule has 1 heterocycles. The maximum atomic E-state index is 11.7. The lowest BCUT2D eigenvalue weighted by Gasteiger charge is -2.07. The first kappa shape index (κ1) is 16.0. The lowest BCUT2D eigenvalue weighted by molar-refractivity contribution is -0.118. The van der Waals surface area contributed by atoms with Crippen LogP contribution in [0.25, 0.3) is 0 Å². The maximum Gasteiger partial charge on any atom is 0.230 e. The Kier molecular flexibility index (Phi) is 6.43. The van der Waals surface area contributed by atoms with Gasteiger partial charge in [-0.05, 0) is 22.6 Å². The van der Waals surface area contributed by atoms with Gasteiger partial charge in [0.05, 0.1) is 18.8 Å². The Morgan fingerprint density at radius 3 is 3.00 bits per heavy atom. The van der Waals surface area contributed by atoms with E-state index in [-0.39, 0.29) is 11.7 Å². The third-order valence-electron chi connectivity index (χ3n) is 2.57. The number of thioether (sulfide) groups is 1. The molecule has 1 amide bonds. The summed E-state index contributed by atoms with van der Waals surface area (Å²) in [6.07, 6.45) is 1.70. The zero-order chi connectivity index (χ0) is 15.6. The van der Waals surface area contributed by atoms with E-state index in [1.807, 2.05) is 30.3 Å². The molecule has 0 fully saturated rings. The molecule has 0 aliphatic carbocycles. The molecule has 0 saturated carbocycles. The number of nitrogens with one attached hydrogen (secondary N) is 1. The summed E-state index contributed by atoms with van der Waals surface area (Å²) < 4.78 is 7.08. The molecule has 1 aromatic carbocycles. The van der Waals surface area contributed by atoms with Crippen LogP contribution < -0.4 is 10.1 Å². The number of ether oxygens (including phenoxy) is 1. The molecule has 1 aromatic heterocycles. The van der Waals surface area contributed by atoms with Gasteiger partial charge < -0.3 is 10.1 Å². The van der Waals surface area contributed by atoms with Crippen molar-refractivity contribution < 1.29 is 9.53 Å². The van der Waals surface area contributed by atoms with Crippen LogP contribution in [-0.2, 0) is 11.3 Å². The number of carbonyl (C=O) groups excluding carboxylic acids is 1. The number of rotatable bonds is 9. The van der Waals surface area contributed by atoms with Crippen molar-refractivity contribution in [1.82, 2.24) is 25.5 Å². The van der Waals surface area contributed by atoms with Gasteiger partial charge in [-0.3, -0.25) is 4.79 Å². The van der Waals surface area contributed by atoms with E-state index in [2.05, 4.69) is 27.4 Å². The normalized spacial score (nSPS) is 10.2. The molecule has 0 unspecified atom stereocenters. The third kappa shape index (κ3) is 5.21. The van der Waals surface area contributed by atoms with E-state index in [1.165, 1.54) is 11.8 Å². The second kappa shape index (κ2) is 8.83. The topological polar surface area (TPSA) is 81.9 Å². The molecular formula is C14H17N5O2S. The van der Waals surface area contributed by atoms with Crippen molar-refractivity contribution in [2.24, 2.45) is 0 Å². The Labute approximate surface area is 132 Å². The van der Waals surface area contributed by atoms with Gasteiger partial charge >= 0.3 is 0 Å². The van der Waals surface area contributed by atoms with Crippen LogP contribution in [-0.4, -0.2) is 45.0 Å². The number of tetrazole rings is 1. The van der Waals surface area contributed by atoms with Gasteiger partial charge in [0, 0.05) is 0 Å². The van der Waals surface area contributed by atoms with Crippen LogP contribution in [0.2, 0.25) is 0 Å². The van der Waals surface area contributed by atoms with Crippen LogP contribution in [0.15, 0.2) is 48.1 Å². The van der Waals surface area contributed by atoms with Crippen LogP contribution in [0.5, 0.6) is 5.75 Å². The van der Waals surface area contributed by atoms with E-state index in [9.17, 15) is 4.79 Å². The molecule has 2 rings (SSSR count). The molecule has 7 nitrogen and oxygen atoms in total. The summed E-state index contributed by atoms with van der Waals surface area (Å²) in [5, 5.41) is 14.6. The van der Waals surface area contributed by atoms with E-state index in [0.717, 1.165) is 5.75 Å². The zero-order valence-corrected chi connectivity index (χ0v) is 12.8. The average molecular weight is 319 g/mol. The minimum Gasteiger partial charge on any atom is -0.492 e. The third-order valence-corrected chi connectivity index (χ3v) is 3.53. The van der Waals surface area contributed by atoms with E-state index in [0.29, 0.717) is 24.9 Å². The Morgan fingerprint density at radius 1 is 1.41 bits per heavy atom. The van der Waals surface area contributed by atoms with E-state index in [1.54, 1.807) is 10.8 Å². The highest BCUT2D eigenvalue weighted by molar-refractivity contribution is 7.99. The molecule has 1 N–H and O–H groups in total. The highest BCUT2D eigenvalue weighted by Gasteiger charge is 2.08. The Hall–Kier alpha value is -2.35. The molecule has 0 bridgehead atoms. The van der Waals surface area contributed by atoms with E-state index in [4.69, 9.17) is 4.74 Å². The molecular weight excluding hydrogens is 302 g/mol. The summed E-state index contributed by atoms with van der Waals surface area (Å²) in [6, 6.07) is 9.47. The number of para-hydroxylation sites is 1. The fourth-order valence-corrected chi connectivity index (χ4v) is 2.31. The van der Waals surface area contributed by atoms with E-state index >= 15 is 0 Å². The van der Waals surface area contributed by atoms with Crippen molar-refractivity contribution in [3.8, 4) is 5.75 Å². The van der Waals surface area contributed by atoms with Crippen molar-refractivity contribution >= 4 is 17.7 Å². The van der Waals surface area contributed by atoms with Gasteiger partial charge in [0.25, 0.3) is 0 Å². The summed E-state index contributed by atoms with van der Waals surface area (Å²) in [6.45, 7) is 5.02. The lowest BCUT2D eigenvalue weighted by Crippen LogP contribution is -2.29. The van der Waals surface area contributed by atoms with Crippen molar-refractivity contribution in [2.45, 2.75) is 11.7 Å². The molecule has 0 aliphatic rings. The van der Waals surface area contributed by atoms with Gasteiger partial charge in [-0.1, -0.05) is 36.0 Å². The molecule has 0 aliphatic heterocycles. The quantitative estimate of drug-likeness (QED) is 0.424. The minimum atomic E-state index is -0.0881. The van der Waals surface area contributed by atoms with Gasteiger partial charge in [0.2, 0.25) is 11.1 Å². The number of hydrogen-bond acceptors (Lipinski definition) is 6. The Balaban J connectivity index is 1.63. The fourth-order valence-electron chi connectivity index (χ4n) is 1.59. The molecule has 0 saturated heterocycles.